The third kappa shape index (κ3) is 3.54. The van der Waals surface area contributed by atoms with Crippen molar-refractivity contribution in [3.8, 4) is 21.9 Å². The van der Waals surface area contributed by atoms with Gasteiger partial charge in [-0.1, -0.05) is 42.5 Å². The van der Waals surface area contributed by atoms with Crippen LogP contribution in [0.5, 0.6) is 11.5 Å². The number of benzene rings is 2. The largest absolute Gasteiger partial charge is 0.507 e. The van der Waals surface area contributed by atoms with Gasteiger partial charge < -0.3 is 9.84 Å². The van der Waals surface area contributed by atoms with Crippen molar-refractivity contribution in [2.24, 2.45) is 0 Å². The first kappa shape index (κ1) is 16.4. The Morgan fingerprint density at radius 2 is 1.62 bits per heavy atom. The summed E-state index contributed by atoms with van der Waals surface area (Å²) in [6, 6.07) is 16.4. The Labute approximate surface area is 140 Å². The van der Waals surface area contributed by atoms with Gasteiger partial charge in [-0.15, -0.1) is 11.3 Å². The molecule has 0 unspecified atom stereocenters. The van der Waals surface area contributed by atoms with Crippen LogP contribution in [0.25, 0.3) is 10.4 Å². The van der Waals surface area contributed by atoms with Gasteiger partial charge in [0.2, 0.25) is 0 Å². The Morgan fingerprint density at radius 3 is 2.29 bits per heavy atom. The number of hydrogen-bond donors (Lipinski definition) is 1. The molecule has 1 N–H and O–H groups in total. The van der Waals surface area contributed by atoms with Crippen LogP contribution in [0.15, 0.2) is 60.7 Å². The van der Waals surface area contributed by atoms with Crippen LogP contribution in [0.4, 0.5) is 13.2 Å². The maximum atomic E-state index is 13.1. The van der Waals surface area contributed by atoms with E-state index < -0.39 is 11.1 Å². The SMILES string of the molecule is Oc1ccccc1-c1sc(C(F)(F)F)cc1OCc1ccccc1. The highest BCUT2D eigenvalue weighted by Gasteiger charge is 2.35. The minimum absolute atomic E-state index is 0.0855. The predicted molar refractivity (Wildman–Crippen MR) is 87.2 cm³/mol. The molecule has 24 heavy (non-hydrogen) atoms. The quantitative estimate of drug-likeness (QED) is 0.652. The van der Waals surface area contributed by atoms with E-state index in [1.807, 2.05) is 30.3 Å². The first-order valence-corrected chi connectivity index (χ1v) is 7.93. The summed E-state index contributed by atoms with van der Waals surface area (Å²) in [7, 11) is 0. The first-order chi connectivity index (χ1) is 11.4. The second kappa shape index (κ2) is 6.57. The standard InChI is InChI=1S/C18H13F3O2S/c19-18(20,21)16-10-15(23-11-12-6-2-1-3-7-12)17(24-16)13-8-4-5-9-14(13)22/h1-10,22H,11H2. The molecule has 0 amide bonds. The second-order valence-corrected chi connectivity index (χ2v) is 6.15. The number of aromatic hydroxyl groups is 1. The van der Waals surface area contributed by atoms with Gasteiger partial charge >= 0.3 is 6.18 Å². The maximum Gasteiger partial charge on any atom is 0.425 e. The van der Waals surface area contributed by atoms with Crippen molar-refractivity contribution in [1.29, 1.82) is 0 Å². The molecule has 0 fully saturated rings. The van der Waals surface area contributed by atoms with Gasteiger partial charge in [0.1, 0.15) is 23.0 Å². The van der Waals surface area contributed by atoms with Gasteiger partial charge in [0, 0.05) is 11.6 Å². The van der Waals surface area contributed by atoms with Gasteiger partial charge in [-0.25, -0.2) is 0 Å². The molecular weight excluding hydrogens is 337 g/mol. The van der Waals surface area contributed by atoms with E-state index in [2.05, 4.69) is 0 Å². The second-order valence-electron chi connectivity index (χ2n) is 5.09. The molecule has 124 valence electrons. The highest BCUT2D eigenvalue weighted by atomic mass is 32.1. The number of thiophene rings is 1. The first-order valence-electron chi connectivity index (χ1n) is 7.11. The third-order valence-electron chi connectivity index (χ3n) is 3.36. The summed E-state index contributed by atoms with van der Waals surface area (Å²) in [6.07, 6.45) is -4.46. The highest BCUT2D eigenvalue weighted by molar-refractivity contribution is 7.16. The number of para-hydroxylation sites is 1. The molecule has 0 atom stereocenters. The van der Waals surface area contributed by atoms with Crippen LogP contribution >= 0.6 is 11.3 Å². The summed E-state index contributed by atoms with van der Waals surface area (Å²) in [4.78, 5) is -0.500. The fourth-order valence-corrected chi connectivity index (χ4v) is 3.21. The van der Waals surface area contributed by atoms with E-state index in [4.69, 9.17) is 4.74 Å². The van der Waals surface area contributed by atoms with Crippen molar-refractivity contribution >= 4 is 11.3 Å². The number of rotatable bonds is 4. The summed E-state index contributed by atoms with van der Waals surface area (Å²) >= 11 is 0.559. The summed E-state index contributed by atoms with van der Waals surface area (Å²) in [5, 5.41) is 9.96. The lowest BCUT2D eigenvalue weighted by molar-refractivity contribution is -0.134. The Hall–Kier alpha value is -2.47. The molecule has 0 aliphatic rings. The number of alkyl halides is 3. The molecule has 1 aromatic heterocycles. The maximum absolute atomic E-state index is 13.1. The predicted octanol–water partition coefficient (Wildman–Crippen LogP) is 5.72. The average Bonchev–Trinajstić information content (AvgIpc) is 2.99. The van der Waals surface area contributed by atoms with Gasteiger partial charge in [0.05, 0.1) is 4.88 Å². The normalized spacial score (nSPS) is 11.5. The van der Waals surface area contributed by atoms with Crippen molar-refractivity contribution < 1.29 is 23.0 Å². The minimum atomic E-state index is -4.46. The van der Waals surface area contributed by atoms with Gasteiger partial charge in [0.15, 0.2) is 0 Å². The van der Waals surface area contributed by atoms with Crippen molar-refractivity contribution in [3.63, 3.8) is 0 Å². The van der Waals surface area contributed by atoms with E-state index in [0.29, 0.717) is 16.9 Å². The summed E-state index contributed by atoms with van der Waals surface area (Å²) < 4.78 is 44.8. The molecule has 6 heteroatoms. The van der Waals surface area contributed by atoms with Gasteiger partial charge in [-0.3, -0.25) is 0 Å². The number of hydrogen-bond acceptors (Lipinski definition) is 3. The zero-order chi connectivity index (χ0) is 17.2. The van der Waals surface area contributed by atoms with Gasteiger partial charge in [0.25, 0.3) is 0 Å². The lowest BCUT2D eigenvalue weighted by Gasteiger charge is -2.08. The van der Waals surface area contributed by atoms with Crippen LogP contribution < -0.4 is 4.74 Å². The van der Waals surface area contributed by atoms with Crippen molar-refractivity contribution in [1.82, 2.24) is 0 Å². The van der Waals surface area contributed by atoms with Crippen LogP contribution in [0.1, 0.15) is 10.4 Å². The number of phenols is 1. The summed E-state index contributed by atoms with van der Waals surface area (Å²) in [5.74, 6) is 0.0234. The van der Waals surface area contributed by atoms with Crippen LogP contribution in [-0.2, 0) is 12.8 Å². The van der Waals surface area contributed by atoms with Crippen molar-refractivity contribution in [2.45, 2.75) is 12.8 Å². The van der Waals surface area contributed by atoms with Crippen LogP contribution in [-0.4, -0.2) is 5.11 Å². The van der Waals surface area contributed by atoms with E-state index in [0.717, 1.165) is 11.6 Å². The molecule has 0 saturated heterocycles. The highest BCUT2D eigenvalue weighted by Crippen LogP contribution is 2.47. The van der Waals surface area contributed by atoms with Crippen LogP contribution in [0.2, 0.25) is 0 Å². The van der Waals surface area contributed by atoms with E-state index >= 15 is 0 Å². The molecule has 0 spiro atoms. The Kier molecular flexibility index (Phi) is 4.49. The fraction of sp³-hybridized carbons (Fsp3) is 0.111. The van der Waals surface area contributed by atoms with Crippen LogP contribution in [0, 0.1) is 0 Å². The summed E-state index contributed by atoms with van der Waals surface area (Å²) in [5.41, 5.74) is 1.17. The molecule has 2 nitrogen and oxygen atoms in total. The van der Waals surface area contributed by atoms with E-state index in [1.54, 1.807) is 18.2 Å². The molecule has 0 saturated carbocycles. The summed E-state index contributed by atoms with van der Waals surface area (Å²) in [6.45, 7) is 0.148. The Bertz CT molecular complexity index is 826. The Morgan fingerprint density at radius 1 is 0.958 bits per heavy atom. The molecule has 3 aromatic rings. The molecular formula is C18H13F3O2S. The molecule has 2 aromatic carbocycles. The molecule has 3 rings (SSSR count). The Balaban J connectivity index is 1.97. The van der Waals surface area contributed by atoms with Crippen molar-refractivity contribution in [3.05, 3.63) is 71.1 Å². The third-order valence-corrected chi connectivity index (χ3v) is 4.56. The topological polar surface area (TPSA) is 29.5 Å². The van der Waals surface area contributed by atoms with Gasteiger partial charge in [-0.2, -0.15) is 13.2 Å². The number of ether oxygens (including phenoxy) is 1. The van der Waals surface area contributed by atoms with Crippen molar-refractivity contribution in [2.75, 3.05) is 0 Å². The molecule has 0 aliphatic heterocycles. The van der Waals surface area contributed by atoms with Gasteiger partial charge in [-0.05, 0) is 17.7 Å². The molecule has 0 radical (unpaired) electrons. The van der Waals surface area contributed by atoms with E-state index in [9.17, 15) is 18.3 Å². The zero-order valence-electron chi connectivity index (χ0n) is 12.4. The lowest BCUT2D eigenvalue weighted by atomic mass is 10.1. The van der Waals surface area contributed by atoms with Crippen LogP contribution in [0.3, 0.4) is 0 Å². The molecule has 0 bridgehead atoms. The molecule has 1 heterocycles. The monoisotopic (exact) mass is 350 g/mol. The average molecular weight is 350 g/mol. The fourth-order valence-electron chi connectivity index (χ4n) is 2.21. The molecule has 0 aliphatic carbocycles. The smallest absolute Gasteiger partial charge is 0.425 e. The zero-order valence-corrected chi connectivity index (χ0v) is 13.2. The van der Waals surface area contributed by atoms with E-state index in [1.165, 1.54) is 6.07 Å². The van der Waals surface area contributed by atoms with E-state index in [-0.39, 0.29) is 23.0 Å². The minimum Gasteiger partial charge on any atom is -0.507 e. The lowest BCUT2D eigenvalue weighted by Crippen LogP contribution is -2.01. The number of halogens is 3. The number of phenolic OH excluding ortho intramolecular Hbond substituents is 1.